The number of likely N-dealkylation sites (tertiary alicyclic amines) is 1. The smallest absolute Gasteiger partial charge is 0.410 e. The van der Waals surface area contributed by atoms with Crippen molar-refractivity contribution in [1.82, 2.24) is 20.4 Å². The summed E-state index contributed by atoms with van der Waals surface area (Å²) in [6.45, 7) is 9.52. The first-order valence-electron chi connectivity index (χ1n) is 8.35. The van der Waals surface area contributed by atoms with Crippen LogP contribution in [-0.4, -0.2) is 79.7 Å². The van der Waals surface area contributed by atoms with E-state index in [1.807, 2.05) is 27.7 Å². The van der Waals surface area contributed by atoms with Crippen molar-refractivity contribution in [3.05, 3.63) is 0 Å². The standard InChI is InChI=1S/C16H31N5O3.HI/c1-7-17-14(18-10-13(22)20(5)6)19-12-8-9-21(11-12)15(23)24-16(2,3)4;/h12H,7-11H2,1-6H3,(H2,17,18,19);1H. The number of ether oxygens (including phenoxy) is 1. The number of nitrogens with zero attached hydrogens (tertiary/aromatic N) is 3. The van der Waals surface area contributed by atoms with E-state index in [-0.39, 0.29) is 48.6 Å². The lowest BCUT2D eigenvalue weighted by molar-refractivity contribution is -0.127. The fraction of sp³-hybridized carbons (Fsp3) is 0.812. The predicted molar refractivity (Wildman–Crippen MR) is 109 cm³/mol. The normalized spacial score (nSPS) is 17.6. The molecule has 1 unspecified atom stereocenters. The van der Waals surface area contributed by atoms with Gasteiger partial charge in [0.2, 0.25) is 5.91 Å². The molecule has 0 bridgehead atoms. The predicted octanol–water partition coefficient (Wildman–Crippen LogP) is 1.26. The monoisotopic (exact) mass is 469 g/mol. The van der Waals surface area contributed by atoms with E-state index in [4.69, 9.17) is 4.74 Å². The van der Waals surface area contributed by atoms with E-state index in [0.29, 0.717) is 25.6 Å². The van der Waals surface area contributed by atoms with Crippen molar-refractivity contribution >= 4 is 41.9 Å². The SMILES string of the molecule is CCNC(=NCC(=O)N(C)C)NC1CCN(C(=O)OC(C)(C)C)C1.I. The molecule has 1 fully saturated rings. The van der Waals surface area contributed by atoms with Gasteiger partial charge in [0.15, 0.2) is 5.96 Å². The van der Waals surface area contributed by atoms with Crippen LogP contribution in [0.1, 0.15) is 34.1 Å². The highest BCUT2D eigenvalue weighted by atomic mass is 127. The van der Waals surface area contributed by atoms with Crippen molar-refractivity contribution in [3.63, 3.8) is 0 Å². The molecule has 0 radical (unpaired) electrons. The minimum absolute atomic E-state index is 0. The Morgan fingerprint density at radius 3 is 2.48 bits per heavy atom. The zero-order valence-corrected chi connectivity index (χ0v) is 18.4. The van der Waals surface area contributed by atoms with Gasteiger partial charge in [0, 0.05) is 39.8 Å². The van der Waals surface area contributed by atoms with Crippen LogP contribution < -0.4 is 10.6 Å². The van der Waals surface area contributed by atoms with Crippen molar-refractivity contribution in [2.24, 2.45) is 4.99 Å². The summed E-state index contributed by atoms with van der Waals surface area (Å²) in [5.41, 5.74) is -0.495. The number of halogens is 1. The van der Waals surface area contributed by atoms with Crippen LogP contribution in [0.15, 0.2) is 4.99 Å². The average Bonchev–Trinajstić information content (AvgIpc) is 2.91. The first-order valence-corrected chi connectivity index (χ1v) is 8.35. The largest absolute Gasteiger partial charge is 0.444 e. The number of amides is 2. The van der Waals surface area contributed by atoms with Crippen molar-refractivity contribution in [2.45, 2.75) is 45.8 Å². The maximum Gasteiger partial charge on any atom is 0.410 e. The molecule has 1 heterocycles. The Balaban J connectivity index is 0.00000576. The minimum Gasteiger partial charge on any atom is -0.444 e. The molecule has 2 N–H and O–H groups in total. The fourth-order valence-electron chi connectivity index (χ4n) is 2.17. The topological polar surface area (TPSA) is 86.3 Å². The highest BCUT2D eigenvalue weighted by molar-refractivity contribution is 14.0. The Hall–Kier alpha value is -1.26. The third kappa shape index (κ3) is 9.13. The maximum absolute atomic E-state index is 12.1. The van der Waals surface area contributed by atoms with Crippen molar-refractivity contribution in [1.29, 1.82) is 0 Å². The molecule has 0 saturated carbocycles. The van der Waals surface area contributed by atoms with Gasteiger partial charge < -0.3 is 25.2 Å². The Morgan fingerprint density at radius 2 is 1.96 bits per heavy atom. The van der Waals surface area contributed by atoms with Crippen molar-refractivity contribution < 1.29 is 14.3 Å². The van der Waals surface area contributed by atoms with E-state index >= 15 is 0 Å². The minimum atomic E-state index is -0.495. The number of carbonyl (C=O) groups excluding carboxylic acids is 2. The lowest BCUT2D eigenvalue weighted by Gasteiger charge is -2.24. The van der Waals surface area contributed by atoms with Crippen molar-refractivity contribution in [2.75, 3.05) is 40.3 Å². The maximum atomic E-state index is 12.1. The fourth-order valence-corrected chi connectivity index (χ4v) is 2.17. The van der Waals surface area contributed by atoms with E-state index < -0.39 is 5.60 Å². The lowest BCUT2D eigenvalue weighted by atomic mass is 10.2. The zero-order chi connectivity index (χ0) is 18.3. The number of aliphatic imine (C=N–C) groups is 1. The molecule has 0 aliphatic carbocycles. The van der Waals surface area contributed by atoms with E-state index in [9.17, 15) is 9.59 Å². The average molecular weight is 469 g/mol. The summed E-state index contributed by atoms with van der Waals surface area (Å²) in [4.78, 5) is 31.2. The number of carbonyl (C=O) groups is 2. The quantitative estimate of drug-likeness (QED) is 0.368. The second kappa shape index (κ2) is 10.7. The van der Waals surface area contributed by atoms with E-state index in [1.54, 1.807) is 19.0 Å². The Morgan fingerprint density at radius 1 is 1.32 bits per heavy atom. The molecule has 2 amide bonds. The van der Waals surface area contributed by atoms with Gasteiger partial charge in [-0.15, -0.1) is 24.0 Å². The summed E-state index contributed by atoms with van der Waals surface area (Å²) in [5.74, 6) is 0.526. The summed E-state index contributed by atoms with van der Waals surface area (Å²) < 4.78 is 5.39. The van der Waals surface area contributed by atoms with E-state index in [1.165, 1.54) is 4.90 Å². The molecule has 1 rings (SSSR count). The summed E-state index contributed by atoms with van der Waals surface area (Å²) in [6.07, 6.45) is 0.516. The van der Waals surface area contributed by atoms with Gasteiger partial charge >= 0.3 is 6.09 Å². The third-order valence-electron chi connectivity index (χ3n) is 3.40. The molecule has 1 saturated heterocycles. The van der Waals surface area contributed by atoms with Crippen LogP contribution in [0.4, 0.5) is 4.79 Å². The van der Waals surface area contributed by atoms with Gasteiger partial charge in [-0.2, -0.15) is 0 Å². The molecular formula is C16H32IN5O3. The van der Waals surface area contributed by atoms with Crippen LogP contribution in [0, 0.1) is 0 Å². The molecule has 146 valence electrons. The van der Waals surface area contributed by atoms with Gasteiger partial charge in [-0.05, 0) is 34.1 Å². The van der Waals surface area contributed by atoms with Gasteiger partial charge in [0.1, 0.15) is 12.1 Å². The number of hydrogen-bond acceptors (Lipinski definition) is 4. The van der Waals surface area contributed by atoms with Crippen LogP contribution in [0.3, 0.4) is 0 Å². The summed E-state index contributed by atoms with van der Waals surface area (Å²) in [7, 11) is 3.40. The molecular weight excluding hydrogens is 437 g/mol. The molecule has 25 heavy (non-hydrogen) atoms. The van der Waals surface area contributed by atoms with Crippen molar-refractivity contribution in [3.8, 4) is 0 Å². The molecule has 0 aromatic rings. The number of hydrogen-bond donors (Lipinski definition) is 2. The van der Waals surface area contributed by atoms with Crippen LogP contribution in [0.2, 0.25) is 0 Å². The number of likely N-dealkylation sites (N-methyl/N-ethyl adjacent to an activating group) is 1. The van der Waals surface area contributed by atoms with Crippen LogP contribution in [0.5, 0.6) is 0 Å². The van der Waals surface area contributed by atoms with Gasteiger partial charge in [-0.3, -0.25) is 4.79 Å². The third-order valence-corrected chi connectivity index (χ3v) is 3.40. The highest BCUT2D eigenvalue weighted by Crippen LogP contribution is 2.15. The van der Waals surface area contributed by atoms with Gasteiger partial charge in [-0.1, -0.05) is 0 Å². The first kappa shape index (κ1) is 23.7. The van der Waals surface area contributed by atoms with Crippen LogP contribution in [-0.2, 0) is 9.53 Å². The number of nitrogens with one attached hydrogen (secondary N) is 2. The molecule has 1 aliphatic rings. The zero-order valence-electron chi connectivity index (χ0n) is 16.1. The number of rotatable bonds is 4. The molecule has 1 aliphatic heterocycles. The van der Waals surface area contributed by atoms with Crippen LogP contribution in [0.25, 0.3) is 0 Å². The van der Waals surface area contributed by atoms with E-state index in [0.717, 1.165) is 6.42 Å². The number of guanidine groups is 1. The molecule has 0 aromatic carbocycles. The summed E-state index contributed by atoms with van der Waals surface area (Å²) in [5, 5.41) is 6.40. The van der Waals surface area contributed by atoms with Crippen LogP contribution >= 0.6 is 24.0 Å². The summed E-state index contributed by atoms with van der Waals surface area (Å²) >= 11 is 0. The molecule has 0 aromatic heterocycles. The lowest BCUT2D eigenvalue weighted by Crippen LogP contribution is -2.45. The molecule has 9 heteroatoms. The summed E-state index contributed by atoms with van der Waals surface area (Å²) in [6, 6.07) is 0.0878. The second-order valence-electron chi connectivity index (χ2n) is 7.04. The highest BCUT2D eigenvalue weighted by Gasteiger charge is 2.30. The van der Waals surface area contributed by atoms with Gasteiger partial charge in [0.25, 0.3) is 0 Å². The second-order valence-corrected chi connectivity index (χ2v) is 7.04. The Bertz CT molecular complexity index is 477. The van der Waals surface area contributed by atoms with Gasteiger partial charge in [0.05, 0.1) is 0 Å². The first-order chi connectivity index (χ1) is 11.1. The molecule has 1 atom stereocenters. The van der Waals surface area contributed by atoms with Gasteiger partial charge in [-0.25, -0.2) is 9.79 Å². The Labute approximate surface area is 167 Å². The van der Waals surface area contributed by atoms with E-state index in [2.05, 4.69) is 15.6 Å². The Kier molecular flexibility index (Phi) is 10.1. The molecule has 0 spiro atoms. The molecule has 8 nitrogen and oxygen atoms in total.